The van der Waals surface area contributed by atoms with Crippen LogP contribution in [0.1, 0.15) is 30.5 Å². The predicted molar refractivity (Wildman–Crippen MR) is 56.1 cm³/mol. The van der Waals surface area contributed by atoms with Crippen molar-refractivity contribution in [2.75, 3.05) is 0 Å². The molecule has 14 heavy (non-hydrogen) atoms. The lowest BCUT2D eigenvalue weighted by Crippen LogP contribution is -2.19. The van der Waals surface area contributed by atoms with E-state index in [2.05, 4.69) is 0 Å². The first-order chi connectivity index (χ1) is 6.25. The lowest BCUT2D eigenvalue weighted by atomic mass is 9.91. The molecule has 0 unspecified atom stereocenters. The van der Waals surface area contributed by atoms with Crippen LogP contribution in [0.2, 0.25) is 5.02 Å². The quantitative estimate of drug-likeness (QED) is 0.764. The molecule has 0 heterocycles. The van der Waals surface area contributed by atoms with Gasteiger partial charge in [-0.05, 0) is 44.9 Å². The predicted octanol–water partition coefficient (Wildman–Crippen LogP) is 3.32. The van der Waals surface area contributed by atoms with Crippen LogP contribution in [0.3, 0.4) is 0 Å². The maximum atomic E-state index is 13.3. The smallest absolute Gasteiger partial charge is 0.142 e. The Morgan fingerprint density at radius 2 is 1.86 bits per heavy atom. The van der Waals surface area contributed by atoms with Gasteiger partial charge in [0.05, 0.1) is 10.6 Å². The van der Waals surface area contributed by atoms with Crippen molar-refractivity contribution in [2.45, 2.75) is 33.3 Å². The highest BCUT2D eigenvalue weighted by molar-refractivity contribution is 6.31. The van der Waals surface area contributed by atoms with E-state index in [4.69, 9.17) is 11.6 Å². The molecule has 1 aromatic carbocycles. The summed E-state index contributed by atoms with van der Waals surface area (Å²) in [5.74, 6) is -0.480. The molecule has 0 atom stereocenters. The number of aryl methyl sites for hydroxylation is 1. The molecule has 0 aliphatic rings. The van der Waals surface area contributed by atoms with Gasteiger partial charge in [-0.15, -0.1) is 0 Å². The van der Waals surface area contributed by atoms with Gasteiger partial charge in [-0.1, -0.05) is 11.6 Å². The Labute approximate surface area is 88.5 Å². The summed E-state index contributed by atoms with van der Waals surface area (Å²) < 4.78 is 13.3. The Morgan fingerprint density at radius 3 is 2.29 bits per heavy atom. The van der Waals surface area contributed by atoms with Crippen molar-refractivity contribution >= 4 is 11.6 Å². The van der Waals surface area contributed by atoms with Gasteiger partial charge in [-0.25, -0.2) is 4.39 Å². The minimum Gasteiger partial charge on any atom is -0.386 e. The van der Waals surface area contributed by atoms with Gasteiger partial charge in [0.15, 0.2) is 0 Å². The summed E-state index contributed by atoms with van der Waals surface area (Å²) in [6, 6.07) is 1.38. The van der Waals surface area contributed by atoms with Gasteiger partial charge < -0.3 is 5.11 Å². The fourth-order valence-electron chi connectivity index (χ4n) is 1.57. The molecular formula is C11H14ClFO. The lowest BCUT2D eigenvalue weighted by molar-refractivity contribution is 0.0776. The number of aliphatic hydroxyl groups is 1. The van der Waals surface area contributed by atoms with E-state index in [1.165, 1.54) is 6.07 Å². The van der Waals surface area contributed by atoms with Crippen molar-refractivity contribution in [3.63, 3.8) is 0 Å². The highest BCUT2D eigenvalue weighted by Crippen LogP contribution is 2.34. The van der Waals surface area contributed by atoms with Crippen LogP contribution in [0, 0.1) is 19.7 Å². The van der Waals surface area contributed by atoms with Gasteiger partial charge in [-0.2, -0.15) is 0 Å². The summed E-state index contributed by atoms with van der Waals surface area (Å²) in [5.41, 5.74) is 0.984. The zero-order valence-electron chi connectivity index (χ0n) is 8.78. The monoisotopic (exact) mass is 216 g/mol. The summed E-state index contributed by atoms with van der Waals surface area (Å²) in [5, 5.41) is 9.86. The van der Waals surface area contributed by atoms with E-state index in [-0.39, 0.29) is 5.02 Å². The zero-order chi connectivity index (χ0) is 11.1. The second kappa shape index (κ2) is 3.52. The largest absolute Gasteiger partial charge is 0.386 e. The fraction of sp³-hybridized carbons (Fsp3) is 0.455. The molecule has 1 rings (SSSR count). The van der Waals surface area contributed by atoms with Crippen molar-refractivity contribution in [3.8, 4) is 0 Å². The van der Waals surface area contributed by atoms with Crippen LogP contribution < -0.4 is 0 Å². The average Bonchev–Trinajstić information content (AvgIpc) is 1.98. The average molecular weight is 217 g/mol. The van der Waals surface area contributed by atoms with E-state index in [1.54, 1.807) is 20.8 Å². The summed E-state index contributed by atoms with van der Waals surface area (Å²) in [7, 11) is 0. The van der Waals surface area contributed by atoms with Gasteiger partial charge in [0.25, 0.3) is 0 Å². The first-order valence-electron chi connectivity index (χ1n) is 4.43. The maximum Gasteiger partial charge on any atom is 0.142 e. The second-order valence-corrected chi connectivity index (χ2v) is 4.43. The van der Waals surface area contributed by atoms with Gasteiger partial charge in [-0.3, -0.25) is 0 Å². The van der Waals surface area contributed by atoms with Crippen LogP contribution in [-0.4, -0.2) is 5.11 Å². The topological polar surface area (TPSA) is 20.2 Å². The number of hydrogen-bond acceptors (Lipinski definition) is 1. The molecule has 1 aromatic rings. The summed E-state index contributed by atoms with van der Waals surface area (Å²) in [6.07, 6.45) is 0. The van der Waals surface area contributed by atoms with Crippen LogP contribution in [0.25, 0.3) is 0 Å². The Hall–Kier alpha value is -0.600. The highest BCUT2D eigenvalue weighted by atomic mass is 35.5. The molecule has 0 aromatic heterocycles. The third kappa shape index (κ3) is 1.91. The Balaban J connectivity index is 3.56. The van der Waals surface area contributed by atoms with E-state index in [0.717, 1.165) is 11.1 Å². The van der Waals surface area contributed by atoms with Crippen LogP contribution in [0.15, 0.2) is 6.07 Å². The van der Waals surface area contributed by atoms with E-state index < -0.39 is 11.4 Å². The summed E-state index contributed by atoms with van der Waals surface area (Å²) >= 11 is 5.82. The normalized spacial score (nSPS) is 11.9. The minimum absolute atomic E-state index is 0.0144. The molecule has 0 amide bonds. The number of hydrogen-bond donors (Lipinski definition) is 1. The van der Waals surface area contributed by atoms with Crippen molar-refractivity contribution < 1.29 is 9.50 Å². The lowest BCUT2D eigenvalue weighted by Gasteiger charge is -2.23. The molecule has 0 saturated carbocycles. The molecular weight excluding hydrogens is 203 g/mol. The van der Waals surface area contributed by atoms with Crippen LogP contribution in [-0.2, 0) is 5.60 Å². The van der Waals surface area contributed by atoms with E-state index >= 15 is 0 Å². The fourth-order valence-corrected chi connectivity index (χ4v) is 2.00. The number of rotatable bonds is 1. The van der Waals surface area contributed by atoms with Crippen molar-refractivity contribution in [3.05, 3.63) is 33.6 Å². The Morgan fingerprint density at radius 1 is 1.36 bits per heavy atom. The van der Waals surface area contributed by atoms with Crippen LogP contribution in [0.4, 0.5) is 4.39 Å². The van der Waals surface area contributed by atoms with Crippen LogP contribution in [0.5, 0.6) is 0 Å². The molecule has 0 radical (unpaired) electrons. The standard InChI is InChI=1S/C11H14ClFO/c1-6-5-8(13)10(12)9(7(6)2)11(3,4)14/h5,14H,1-4H3. The van der Waals surface area contributed by atoms with E-state index in [1.807, 2.05) is 6.92 Å². The molecule has 0 saturated heterocycles. The van der Waals surface area contributed by atoms with E-state index in [0.29, 0.717) is 5.56 Å². The molecule has 0 fully saturated rings. The van der Waals surface area contributed by atoms with Gasteiger partial charge >= 0.3 is 0 Å². The first-order valence-corrected chi connectivity index (χ1v) is 4.81. The van der Waals surface area contributed by atoms with Crippen molar-refractivity contribution in [2.24, 2.45) is 0 Å². The molecule has 0 aliphatic heterocycles. The van der Waals surface area contributed by atoms with Crippen molar-refractivity contribution in [1.82, 2.24) is 0 Å². The SMILES string of the molecule is Cc1cc(F)c(Cl)c(C(C)(C)O)c1C. The summed E-state index contributed by atoms with van der Waals surface area (Å²) in [6.45, 7) is 6.82. The third-order valence-corrected chi connectivity index (χ3v) is 2.72. The van der Waals surface area contributed by atoms with Gasteiger partial charge in [0.2, 0.25) is 0 Å². The number of benzene rings is 1. The Bertz CT molecular complexity index is 340. The second-order valence-electron chi connectivity index (χ2n) is 4.05. The zero-order valence-corrected chi connectivity index (χ0v) is 9.54. The molecule has 0 bridgehead atoms. The number of halogens is 2. The summed E-state index contributed by atoms with van der Waals surface area (Å²) in [4.78, 5) is 0. The van der Waals surface area contributed by atoms with Gasteiger partial charge in [0, 0.05) is 5.56 Å². The third-order valence-electron chi connectivity index (χ3n) is 2.35. The molecule has 0 aliphatic carbocycles. The van der Waals surface area contributed by atoms with Crippen molar-refractivity contribution in [1.29, 1.82) is 0 Å². The van der Waals surface area contributed by atoms with Gasteiger partial charge in [0.1, 0.15) is 5.82 Å². The molecule has 1 nitrogen and oxygen atoms in total. The Kier molecular flexibility index (Phi) is 2.88. The molecule has 78 valence electrons. The van der Waals surface area contributed by atoms with E-state index in [9.17, 15) is 9.50 Å². The minimum atomic E-state index is -1.12. The van der Waals surface area contributed by atoms with Crippen LogP contribution >= 0.6 is 11.6 Å². The molecule has 0 spiro atoms. The highest BCUT2D eigenvalue weighted by Gasteiger charge is 2.25. The molecule has 3 heteroatoms. The first kappa shape index (κ1) is 11.5. The maximum absolute atomic E-state index is 13.3. The molecule has 1 N–H and O–H groups in total.